The van der Waals surface area contributed by atoms with E-state index in [4.69, 9.17) is 4.74 Å². The number of amidine groups is 1. The smallest absolute Gasteiger partial charge is 0.286 e. The minimum atomic E-state index is -0.156. The summed E-state index contributed by atoms with van der Waals surface area (Å²) < 4.78 is 6.20. The fraction of sp³-hybridized carbons (Fsp3) is 0.368. The summed E-state index contributed by atoms with van der Waals surface area (Å²) in [5, 5.41) is 0.817. The molecule has 0 bridgehead atoms. The van der Waals surface area contributed by atoms with Crippen molar-refractivity contribution in [2.75, 3.05) is 13.1 Å². The van der Waals surface area contributed by atoms with Crippen LogP contribution in [-0.2, 0) is 21.7 Å². The molecule has 0 unspecified atom stereocenters. The number of nitrogens with zero attached hydrogens (tertiary/aromatic N) is 2. The summed E-state index contributed by atoms with van der Waals surface area (Å²) in [6, 6.07) is 8.51. The molecule has 1 aromatic rings. The van der Waals surface area contributed by atoms with Gasteiger partial charge in [0.25, 0.3) is 5.91 Å². The number of hydrogen-bond donors (Lipinski definition) is 0. The van der Waals surface area contributed by atoms with Gasteiger partial charge < -0.3 is 9.64 Å². The van der Waals surface area contributed by atoms with Crippen molar-refractivity contribution in [3.63, 3.8) is 0 Å². The first-order valence-electron chi connectivity index (χ1n) is 8.24. The second-order valence-corrected chi connectivity index (χ2v) is 7.42. The zero-order valence-corrected chi connectivity index (χ0v) is 14.6. The largest absolute Gasteiger partial charge is 0.365 e. The third kappa shape index (κ3) is 2.43. The van der Waals surface area contributed by atoms with E-state index in [1.807, 2.05) is 6.92 Å². The van der Waals surface area contributed by atoms with Crippen LogP contribution in [0.2, 0.25) is 0 Å². The highest BCUT2D eigenvalue weighted by Crippen LogP contribution is 2.45. The van der Waals surface area contributed by atoms with Crippen LogP contribution in [0.1, 0.15) is 30.9 Å². The Labute approximate surface area is 146 Å². The van der Waals surface area contributed by atoms with E-state index in [9.17, 15) is 4.79 Å². The van der Waals surface area contributed by atoms with Crippen molar-refractivity contribution in [3.05, 3.63) is 58.5 Å². The lowest BCUT2D eigenvalue weighted by Gasteiger charge is -2.39. The molecule has 0 N–H and O–H groups in total. The highest BCUT2D eigenvalue weighted by atomic mass is 32.2. The Bertz CT molecular complexity index is 773. The molecule has 0 saturated carbocycles. The number of carbonyl (C=O) groups is 1. The molecule has 0 radical (unpaired) electrons. The predicted octanol–water partition coefficient (Wildman–Crippen LogP) is 3.60. The average molecular weight is 340 g/mol. The van der Waals surface area contributed by atoms with Gasteiger partial charge in [0.15, 0.2) is 5.17 Å². The van der Waals surface area contributed by atoms with Crippen molar-refractivity contribution in [2.24, 2.45) is 4.99 Å². The molecule has 1 aromatic carbocycles. The van der Waals surface area contributed by atoms with E-state index >= 15 is 0 Å². The number of fused-ring (bicyclic) bond motifs is 2. The Morgan fingerprint density at radius 2 is 2.12 bits per heavy atom. The summed E-state index contributed by atoms with van der Waals surface area (Å²) >= 11 is 1.47. The molecule has 1 saturated heterocycles. The topological polar surface area (TPSA) is 41.9 Å². The molecule has 24 heavy (non-hydrogen) atoms. The SMILES string of the molecule is C=C/C(C)=C1\SC(N2CCC3(CC2)OCc2ccccc23)=NC1=O. The lowest BCUT2D eigenvalue weighted by Crippen LogP contribution is -2.44. The zero-order valence-electron chi connectivity index (χ0n) is 13.7. The maximum atomic E-state index is 12.1. The number of carbonyl (C=O) groups excluding carboxylic acids is 1. The Morgan fingerprint density at radius 3 is 2.88 bits per heavy atom. The van der Waals surface area contributed by atoms with E-state index in [0.717, 1.165) is 36.7 Å². The van der Waals surface area contributed by atoms with Crippen LogP contribution < -0.4 is 0 Å². The van der Waals surface area contributed by atoms with Crippen LogP contribution in [0.25, 0.3) is 0 Å². The molecule has 4 nitrogen and oxygen atoms in total. The van der Waals surface area contributed by atoms with Gasteiger partial charge in [-0.2, -0.15) is 4.99 Å². The van der Waals surface area contributed by atoms with Crippen molar-refractivity contribution >= 4 is 22.8 Å². The number of rotatable bonds is 1. The number of likely N-dealkylation sites (tertiary alicyclic amines) is 1. The first kappa shape index (κ1) is 15.7. The van der Waals surface area contributed by atoms with Gasteiger partial charge in [-0.1, -0.05) is 36.9 Å². The number of piperidine rings is 1. The van der Waals surface area contributed by atoms with Crippen molar-refractivity contribution in [1.82, 2.24) is 4.90 Å². The number of hydrogen-bond acceptors (Lipinski definition) is 4. The summed E-state index contributed by atoms with van der Waals surface area (Å²) in [6.45, 7) is 8.06. The molecule has 5 heteroatoms. The minimum absolute atomic E-state index is 0.143. The molecule has 124 valence electrons. The third-order valence-corrected chi connectivity index (χ3v) is 6.34. The van der Waals surface area contributed by atoms with Crippen LogP contribution in [0.15, 0.2) is 52.4 Å². The van der Waals surface area contributed by atoms with Crippen LogP contribution in [0.3, 0.4) is 0 Å². The highest BCUT2D eigenvalue weighted by Gasteiger charge is 2.43. The molecule has 0 atom stereocenters. The van der Waals surface area contributed by atoms with Gasteiger partial charge in [0.2, 0.25) is 0 Å². The summed E-state index contributed by atoms with van der Waals surface area (Å²) in [5.74, 6) is -0.143. The molecule has 1 spiro atoms. The first-order valence-corrected chi connectivity index (χ1v) is 9.06. The molecule has 3 aliphatic rings. The van der Waals surface area contributed by atoms with Gasteiger partial charge in [0.05, 0.1) is 17.1 Å². The van der Waals surface area contributed by atoms with Gasteiger partial charge in [0.1, 0.15) is 0 Å². The van der Waals surface area contributed by atoms with Gasteiger partial charge >= 0.3 is 0 Å². The van der Waals surface area contributed by atoms with E-state index in [2.05, 4.69) is 40.7 Å². The number of thioether (sulfide) groups is 1. The van der Waals surface area contributed by atoms with Gasteiger partial charge in [-0.25, -0.2) is 0 Å². The number of benzene rings is 1. The summed E-state index contributed by atoms with van der Waals surface area (Å²) in [4.78, 5) is 19.2. The molecule has 1 amide bonds. The van der Waals surface area contributed by atoms with Gasteiger partial charge in [0, 0.05) is 13.1 Å². The van der Waals surface area contributed by atoms with Crippen molar-refractivity contribution in [2.45, 2.75) is 32.0 Å². The number of aliphatic imine (C=N–C) groups is 1. The van der Waals surface area contributed by atoms with E-state index in [0.29, 0.717) is 11.5 Å². The number of amides is 1. The molecule has 3 heterocycles. The van der Waals surface area contributed by atoms with E-state index in [-0.39, 0.29) is 11.5 Å². The molecule has 3 aliphatic heterocycles. The molecular weight excluding hydrogens is 320 g/mol. The van der Waals surface area contributed by atoms with Gasteiger partial charge in [-0.15, -0.1) is 0 Å². The average Bonchev–Trinajstić information content (AvgIpc) is 3.17. The van der Waals surface area contributed by atoms with Crippen molar-refractivity contribution < 1.29 is 9.53 Å². The summed E-state index contributed by atoms with van der Waals surface area (Å²) in [5.41, 5.74) is 3.38. The Kier molecular flexibility index (Phi) is 3.85. The summed E-state index contributed by atoms with van der Waals surface area (Å²) in [7, 11) is 0. The van der Waals surface area contributed by atoms with Crippen LogP contribution in [0.5, 0.6) is 0 Å². The van der Waals surface area contributed by atoms with Crippen LogP contribution in [-0.4, -0.2) is 29.1 Å². The van der Waals surface area contributed by atoms with Crippen molar-refractivity contribution in [3.8, 4) is 0 Å². The number of allylic oxidation sites excluding steroid dienone is 2. The lowest BCUT2D eigenvalue weighted by molar-refractivity contribution is -0.113. The standard InChI is InChI=1S/C19H20N2O2S/c1-3-13(2)16-17(22)20-18(24-16)21-10-8-19(9-11-21)15-7-5-4-6-14(15)12-23-19/h3-7H,1,8-12H2,2H3/b16-13-. The third-order valence-electron chi connectivity index (χ3n) is 5.10. The highest BCUT2D eigenvalue weighted by molar-refractivity contribution is 8.18. The van der Waals surface area contributed by atoms with E-state index in [1.54, 1.807) is 6.08 Å². The minimum Gasteiger partial charge on any atom is -0.365 e. The quantitative estimate of drug-likeness (QED) is 0.733. The van der Waals surface area contributed by atoms with Crippen LogP contribution >= 0.6 is 11.8 Å². The maximum absolute atomic E-state index is 12.1. The normalized spacial score (nSPS) is 24.1. The molecule has 4 rings (SSSR count). The first-order chi connectivity index (χ1) is 11.6. The monoisotopic (exact) mass is 340 g/mol. The van der Waals surface area contributed by atoms with E-state index < -0.39 is 0 Å². The van der Waals surface area contributed by atoms with Gasteiger partial charge in [-0.3, -0.25) is 4.79 Å². The number of ether oxygens (including phenoxy) is 1. The second-order valence-electron chi connectivity index (χ2n) is 6.45. The molecule has 1 fully saturated rings. The predicted molar refractivity (Wildman–Crippen MR) is 96.6 cm³/mol. The summed E-state index contributed by atoms with van der Waals surface area (Å²) in [6.07, 6.45) is 3.57. The zero-order chi connectivity index (χ0) is 16.7. The lowest BCUT2D eigenvalue weighted by atomic mass is 9.84. The Hall–Kier alpha value is -1.85. The maximum Gasteiger partial charge on any atom is 0.286 e. The molecule has 0 aliphatic carbocycles. The second kappa shape index (κ2) is 5.90. The Balaban J connectivity index is 1.50. The molecule has 0 aromatic heterocycles. The fourth-order valence-corrected chi connectivity index (χ4v) is 4.63. The van der Waals surface area contributed by atoms with Gasteiger partial charge in [-0.05, 0) is 48.2 Å². The van der Waals surface area contributed by atoms with Crippen LogP contribution in [0.4, 0.5) is 0 Å². The van der Waals surface area contributed by atoms with E-state index in [1.165, 1.54) is 22.9 Å². The van der Waals surface area contributed by atoms with Crippen molar-refractivity contribution in [1.29, 1.82) is 0 Å². The molecular formula is C19H20N2O2S. The Morgan fingerprint density at radius 1 is 1.38 bits per heavy atom. The van der Waals surface area contributed by atoms with Crippen LogP contribution in [0, 0.1) is 0 Å². The fourth-order valence-electron chi connectivity index (χ4n) is 3.63.